The van der Waals surface area contributed by atoms with Crippen molar-refractivity contribution in [2.24, 2.45) is 5.73 Å². The Balaban J connectivity index is 3.04. The van der Waals surface area contributed by atoms with Gasteiger partial charge in [-0.05, 0) is 24.7 Å². The molecule has 0 saturated carbocycles. The first-order chi connectivity index (χ1) is 7.47. The summed E-state index contributed by atoms with van der Waals surface area (Å²) in [5.41, 5.74) is 5.70. The number of nitrogens with two attached hydrogens (primary N) is 1. The maximum atomic E-state index is 12.9. The summed E-state index contributed by atoms with van der Waals surface area (Å²) in [6.45, 7) is 0. The normalized spacial score (nSPS) is 14.5. The predicted octanol–water partition coefficient (Wildman–Crippen LogP) is 0.637. The van der Waals surface area contributed by atoms with E-state index in [4.69, 9.17) is 10.8 Å². The van der Waals surface area contributed by atoms with Gasteiger partial charge in [0.05, 0.1) is 6.04 Å². The lowest BCUT2D eigenvalue weighted by atomic mass is 10.00. The zero-order valence-electron chi connectivity index (χ0n) is 8.58. The Morgan fingerprint density at radius 3 is 2.50 bits per heavy atom. The van der Waals surface area contributed by atoms with Gasteiger partial charge in [-0.3, -0.25) is 4.79 Å². The highest BCUT2D eigenvalue weighted by molar-refractivity contribution is 5.74. The molecule has 88 valence electrons. The summed E-state index contributed by atoms with van der Waals surface area (Å²) < 4.78 is 25.6. The Labute approximate surface area is 91.1 Å². The van der Waals surface area contributed by atoms with Crippen molar-refractivity contribution in [3.05, 3.63) is 35.4 Å². The zero-order valence-corrected chi connectivity index (χ0v) is 8.58. The molecule has 4 nitrogen and oxygen atoms in total. The predicted molar refractivity (Wildman–Crippen MR) is 53.8 cm³/mol. The standard InChI is InChI=1S/C10H12F2N2O2/c1-14-9(8(13)10(15)16)5-2-3-6(11)7(12)4-5/h2-4,8-9,14H,13H2,1H3,(H,15,16). The number of halogens is 2. The molecular formula is C10H12F2N2O2. The Kier molecular flexibility index (Phi) is 3.92. The zero-order chi connectivity index (χ0) is 12.3. The molecule has 0 amide bonds. The monoisotopic (exact) mass is 230 g/mol. The topological polar surface area (TPSA) is 75.3 Å². The first-order valence-corrected chi connectivity index (χ1v) is 4.58. The molecule has 0 fully saturated rings. The average molecular weight is 230 g/mol. The maximum absolute atomic E-state index is 12.9. The van der Waals surface area contributed by atoms with Crippen LogP contribution in [0.4, 0.5) is 8.78 Å². The van der Waals surface area contributed by atoms with E-state index in [9.17, 15) is 13.6 Å². The number of nitrogens with one attached hydrogen (secondary N) is 1. The molecule has 1 rings (SSSR count). The van der Waals surface area contributed by atoms with Gasteiger partial charge in [0.2, 0.25) is 0 Å². The van der Waals surface area contributed by atoms with E-state index in [0.717, 1.165) is 12.1 Å². The Morgan fingerprint density at radius 1 is 1.44 bits per heavy atom. The van der Waals surface area contributed by atoms with Crippen LogP contribution in [0.2, 0.25) is 0 Å². The van der Waals surface area contributed by atoms with E-state index < -0.39 is 29.7 Å². The molecule has 0 radical (unpaired) electrons. The van der Waals surface area contributed by atoms with Gasteiger partial charge in [0.25, 0.3) is 0 Å². The fourth-order valence-corrected chi connectivity index (χ4v) is 1.40. The van der Waals surface area contributed by atoms with Crippen molar-refractivity contribution < 1.29 is 18.7 Å². The molecule has 6 heteroatoms. The Bertz CT molecular complexity index is 398. The minimum Gasteiger partial charge on any atom is -0.480 e. The van der Waals surface area contributed by atoms with Crippen molar-refractivity contribution in [3.63, 3.8) is 0 Å². The quantitative estimate of drug-likeness (QED) is 0.709. The summed E-state index contributed by atoms with van der Waals surface area (Å²) >= 11 is 0. The number of hydrogen-bond acceptors (Lipinski definition) is 3. The van der Waals surface area contributed by atoms with Gasteiger partial charge < -0.3 is 16.2 Å². The molecule has 0 spiro atoms. The van der Waals surface area contributed by atoms with Gasteiger partial charge in [-0.15, -0.1) is 0 Å². The average Bonchev–Trinajstić information content (AvgIpc) is 2.24. The lowest BCUT2D eigenvalue weighted by Crippen LogP contribution is -2.42. The summed E-state index contributed by atoms with van der Waals surface area (Å²) in [4.78, 5) is 10.7. The van der Waals surface area contributed by atoms with Crippen molar-refractivity contribution in [2.45, 2.75) is 12.1 Å². The lowest BCUT2D eigenvalue weighted by molar-refractivity contribution is -0.139. The van der Waals surface area contributed by atoms with Crippen LogP contribution >= 0.6 is 0 Å². The van der Waals surface area contributed by atoms with E-state index in [-0.39, 0.29) is 5.56 Å². The number of aliphatic carboxylic acids is 1. The van der Waals surface area contributed by atoms with Gasteiger partial charge >= 0.3 is 5.97 Å². The second kappa shape index (κ2) is 5.00. The van der Waals surface area contributed by atoms with Crippen LogP contribution in [0.25, 0.3) is 0 Å². The van der Waals surface area contributed by atoms with Gasteiger partial charge in [-0.25, -0.2) is 8.78 Å². The fourth-order valence-electron chi connectivity index (χ4n) is 1.40. The highest BCUT2D eigenvalue weighted by Gasteiger charge is 2.24. The highest BCUT2D eigenvalue weighted by atomic mass is 19.2. The minimum atomic E-state index is -1.23. The summed E-state index contributed by atoms with van der Waals surface area (Å²) in [6.07, 6.45) is 0. The molecule has 0 aliphatic heterocycles. The van der Waals surface area contributed by atoms with Crippen molar-refractivity contribution in [1.29, 1.82) is 0 Å². The SMILES string of the molecule is CNC(c1ccc(F)c(F)c1)C(N)C(=O)O. The van der Waals surface area contributed by atoms with Crippen LogP contribution in [0, 0.1) is 11.6 Å². The second-order valence-corrected chi connectivity index (χ2v) is 3.30. The molecule has 2 atom stereocenters. The number of carboxylic acids is 1. The summed E-state index contributed by atoms with van der Waals surface area (Å²) in [5.74, 6) is -3.23. The molecule has 0 aliphatic carbocycles. The third-order valence-electron chi connectivity index (χ3n) is 2.26. The van der Waals surface area contributed by atoms with Crippen LogP contribution in [0.3, 0.4) is 0 Å². The summed E-state index contributed by atoms with van der Waals surface area (Å²) in [6, 6.07) is 1.16. The largest absolute Gasteiger partial charge is 0.480 e. The molecule has 1 aromatic rings. The third-order valence-corrected chi connectivity index (χ3v) is 2.26. The van der Waals surface area contributed by atoms with Crippen molar-refractivity contribution in [3.8, 4) is 0 Å². The summed E-state index contributed by atoms with van der Waals surface area (Å²) in [7, 11) is 1.49. The summed E-state index contributed by atoms with van der Waals surface area (Å²) in [5, 5.41) is 11.4. The fraction of sp³-hybridized carbons (Fsp3) is 0.300. The van der Waals surface area contributed by atoms with Crippen LogP contribution in [0.5, 0.6) is 0 Å². The first kappa shape index (κ1) is 12.5. The lowest BCUT2D eigenvalue weighted by Gasteiger charge is -2.20. The molecule has 0 aliphatic rings. The number of hydrogen-bond donors (Lipinski definition) is 3. The minimum absolute atomic E-state index is 0.288. The van der Waals surface area contributed by atoms with E-state index in [2.05, 4.69) is 5.32 Å². The van der Waals surface area contributed by atoms with Gasteiger partial charge in [0, 0.05) is 0 Å². The van der Waals surface area contributed by atoms with Crippen molar-refractivity contribution in [2.75, 3.05) is 7.05 Å². The van der Waals surface area contributed by atoms with Gasteiger partial charge in [0.1, 0.15) is 6.04 Å². The van der Waals surface area contributed by atoms with Crippen LogP contribution in [-0.4, -0.2) is 24.2 Å². The number of benzene rings is 1. The smallest absolute Gasteiger partial charge is 0.322 e. The molecule has 4 N–H and O–H groups in total. The second-order valence-electron chi connectivity index (χ2n) is 3.30. The molecule has 0 heterocycles. The molecule has 16 heavy (non-hydrogen) atoms. The Morgan fingerprint density at radius 2 is 2.06 bits per heavy atom. The molecular weight excluding hydrogens is 218 g/mol. The molecule has 2 unspecified atom stereocenters. The number of likely N-dealkylation sites (N-methyl/N-ethyl adjacent to an activating group) is 1. The third kappa shape index (κ3) is 2.53. The number of carbonyl (C=O) groups is 1. The molecule has 1 aromatic carbocycles. The van der Waals surface area contributed by atoms with E-state index in [1.54, 1.807) is 0 Å². The van der Waals surface area contributed by atoms with E-state index in [1.807, 2.05) is 0 Å². The van der Waals surface area contributed by atoms with Crippen LogP contribution < -0.4 is 11.1 Å². The van der Waals surface area contributed by atoms with Crippen LogP contribution in [-0.2, 0) is 4.79 Å². The maximum Gasteiger partial charge on any atom is 0.322 e. The van der Waals surface area contributed by atoms with Crippen LogP contribution in [0.1, 0.15) is 11.6 Å². The van der Waals surface area contributed by atoms with E-state index in [0.29, 0.717) is 0 Å². The number of rotatable bonds is 4. The van der Waals surface area contributed by atoms with E-state index in [1.165, 1.54) is 13.1 Å². The molecule has 0 saturated heterocycles. The first-order valence-electron chi connectivity index (χ1n) is 4.58. The Hall–Kier alpha value is -1.53. The van der Waals surface area contributed by atoms with Gasteiger partial charge in [-0.1, -0.05) is 6.07 Å². The van der Waals surface area contributed by atoms with Crippen LogP contribution in [0.15, 0.2) is 18.2 Å². The number of carboxylic acid groups (broad SMARTS) is 1. The van der Waals surface area contributed by atoms with Gasteiger partial charge in [0.15, 0.2) is 11.6 Å². The molecule has 0 aromatic heterocycles. The molecule has 0 bridgehead atoms. The van der Waals surface area contributed by atoms with Crippen molar-refractivity contribution >= 4 is 5.97 Å². The highest BCUT2D eigenvalue weighted by Crippen LogP contribution is 2.18. The van der Waals surface area contributed by atoms with Crippen molar-refractivity contribution in [1.82, 2.24) is 5.32 Å². The van der Waals surface area contributed by atoms with Gasteiger partial charge in [-0.2, -0.15) is 0 Å². The van der Waals surface area contributed by atoms with E-state index >= 15 is 0 Å².